The minimum Gasteiger partial charge on any atom is -0.507 e. The number of aryl methyl sites for hydroxylation is 1. The normalized spacial score (nSPS) is 12.5. The van der Waals surface area contributed by atoms with Gasteiger partial charge in [0.05, 0.1) is 0 Å². The second-order valence-corrected chi connectivity index (χ2v) is 8.13. The third-order valence-corrected chi connectivity index (χ3v) is 5.19. The van der Waals surface area contributed by atoms with Gasteiger partial charge in [0.1, 0.15) is 11.9 Å². The molecule has 166 valence electrons. The number of benzene rings is 3. The van der Waals surface area contributed by atoms with Crippen LogP contribution in [0.2, 0.25) is 0 Å². The molecular formula is C25H26N2O5. The van der Waals surface area contributed by atoms with E-state index in [1.54, 1.807) is 55.7 Å². The van der Waals surface area contributed by atoms with E-state index in [2.05, 4.69) is 5.32 Å². The zero-order valence-corrected chi connectivity index (χ0v) is 18.1. The van der Waals surface area contributed by atoms with E-state index in [9.17, 15) is 14.7 Å². The van der Waals surface area contributed by atoms with Crippen molar-refractivity contribution in [2.24, 2.45) is 5.41 Å². The number of nitrogens with one attached hydrogen (secondary N) is 2. The Morgan fingerprint density at radius 2 is 1.66 bits per heavy atom. The number of carbonyl (C=O) groups is 2. The van der Waals surface area contributed by atoms with Crippen molar-refractivity contribution in [2.45, 2.75) is 26.9 Å². The molecule has 0 fully saturated rings. The van der Waals surface area contributed by atoms with Gasteiger partial charge in [-0.25, -0.2) is 10.3 Å². The summed E-state index contributed by atoms with van der Waals surface area (Å²) < 4.78 is 5.87. The molecule has 4 N–H and O–H groups in total. The fourth-order valence-electron chi connectivity index (χ4n) is 3.46. The van der Waals surface area contributed by atoms with Gasteiger partial charge >= 0.3 is 6.09 Å². The molecule has 7 heteroatoms. The molecular weight excluding hydrogens is 408 g/mol. The van der Waals surface area contributed by atoms with Gasteiger partial charge in [0.2, 0.25) is 0 Å². The number of anilines is 1. The van der Waals surface area contributed by atoms with Crippen LogP contribution in [0, 0.1) is 12.3 Å². The number of fused-ring (bicyclic) bond motifs is 1. The van der Waals surface area contributed by atoms with Gasteiger partial charge in [-0.1, -0.05) is 68.0 Å². The lowest BCUT2D eigenvalue weighted by molar-refractivity contribution is -0.124. The highest BCUT2D eigenvalue weighted by Crippen LogP contribution is 2.42. The molecule has 0 aliphatic carbocycles. The lowest BCUT2D eigenvalue weighted by atomic mass is 9.80. The molecule has 7 nitrogen and oxygen atoms in total. The number of hydrogen-bond acceptors (Lipinski definition) is 5. The molecule has 0 unspecified atom stereocenters. The third-order valence-electron chi connectivity index (χ3n) is 5.19. The Kier molecular flexibility index (Phi) is 6.80. The van der Waals surface area contributed by atoms with Gasteiger partial charge in [-0.05, 0) is 30.5 Å². The molecule has 3 rings (SSSR count). The Hall–Kier alpha value is -3.84. The van der Waals surface area contributed by atoms with E-state index in [0.717, 1.165) is 5.56 Å². The molecule has 2 amide bonds. The van der Waals surface area contributed by atoms with Crippen molar-refractivity contribution in [2.75, 3.05) is 5.32 Å². The molecule has 0 bridgehead atoms. The maximum Gasteiger partial charge on any atom is 0.412 e. The van der Waals surface area contributed by atoms with E-state index >= 15 is 0 Å². The number of rotatable bonds is 6. The van der Waals surface area contributed by atoms with E-state index in [1.165, 1.54) is 6.08 Å². The molecule has 0 aliphatic rings. The van der Waals surface area contributed by atoms with Crippen LogP contribution < -0.4 is 10.8 Å². The number of hydroxylamine groups is 1. The first-order valence-electron chi connectivity index (χ1n) is 10.1. The minimum atomic E-state index is -0.850. The van der Waals surface area contributed by atoms with Crippen LogP contribution in [0.1, 0.15) is 31.1 Å². The largest absolute Gasteiger partial charge is 0.507 e. The standard InChI is InChI=1S/C25H26N2O5/c1-16-8-10-17(11-9-16)26-24(30)32-23(25(2,3)15-14-22(29)27-31)20-12-13-21(28)19-7-5-4-6-18(19)20/h4-15,23,28,31H,1-3H3,(H,26,30)(H,27,29)/b15-14+/t23-/m1/s1. The fourth-order valence-corrected chi connectivity index (χ4v) is 3.46. The van der Waals surface area contributed by atoms with Crippen LogP contribution in [-0.2, 0) is 9.53 Å². The monoisotopic (exact) mass is 434 g/mol. The summed E-state index contributed by atoms with van der Waals surface area (Å²) in [5.41, 5.74) is 3.01. The van der Waals surface area contributed by atoms with E-state index in [1.807, 2.05) is 37.3 Å². The first-order chi connectivity index (χ1) is 15.2. The number of phenols is 1. The highest BCUT2D eigenvalue weighted by molar-refractivity contribution is 5.92. The first kappa shape index (κ1) is 22.8. The predicted octanol–water partition coefficient (Wildman–Crippen LogP) is 5.23. The summed E-state index contributed by atoms with van der Waals surface area (Å²) in [6, 6.07) is 17.8. The number of phenolic OH excluding ortho intramolecular Hbond substituents is 1. The smallest absolute Gasteiger partial charge is 0.412 e. The van der Waals surface area contributed by atoms with Gasteiger partial charge < -0.3 is 9.84 Å². The Morgan fingerprint density at radius 1 is 1.00 bits per heavy atom. The summed E-state index contributed by atoms with van der Waals surface area (Å²) in [6.45, 7) is 5.56. The third kappa shape index (κ3) is 5.25. The SMILES string of the molecule is Cc1ccc(NC(=O)O[C@H](c2ccc(O)c3ccccc23)C(C)(C)/C=C/C(=O)NO)cc1. The maximum atomic E-state index is 12.8. The zero-order valence-electron chi connectivity index (χ0n) is 18.1. The predicted molar refractivity (Wildman–Crippen MR) is 122 cm³/mol. The van der Waals surface area contributed by atoms with Crippen LogP contribution in [0.3, 0.4) is 0 Å². The summed E-state index contributed by atoms with van der Waals surface area (Å²) in [6.07, 6.45) is 1.26. The van der Waals surface area contributed by atoms with Gasteiger partial charge in [0, 0.05) is 28.1 Å². The van der Waals surface area contributed by atoms with Crippen LogP contribution in [0.5, 0.6) is 5.75 Å². The number of amides is 2. The van der Waals surface area contributed by atoms with Gasteiger partial charge in [-0.15, -0.1) is 0 Å². The Labute approximate surface area is 186 Å². The summed E-state index contributed by atoms with van der Waals surface area (Å²) in [4.78, 5) is 24.4. The first-order valence-corrected chi connectivity index (χ1v) is 10.1. The molecule has 3 aromatic rings. The Morgan fingerprint density at radius 3 is 2.31 bits per heavy atom. The number of hydrogen-bond donors (Lipinski definition) is 4. The van der Waals surface area contributed by atoms with Crippen LogP contribution in [0.4, 0.5) is 10.5 Å². The van der Waals surface area contributed by atoms with Crippen molar-refractivity contribution in [3.05, 3.63) is 83.9 Å². The second kappa shape index (κ2) is 9.53. The minimum absolute atomic E-state index is 0.111. The Bertz CT molecular complexity index is 1150. The molecule has 0 aromatic heterocycles. The van der Waals surface area contributed by atoms with Crippen molar-refractivity contribution >= 4 is 28.5 Å². The number of carbonyl (C=O) groups excluding carboxylic acids is 2. The van der Waals surface area contributed by atoms with Crippen molar-refractivity contribution in [3.63, 3.8) is 0 Å². The fraction of sp³-hybridized carbons (Fsp3) is 0.200. The van der Waals surface area contributed by atoms with Gasteiger partial charge in [0.25, 0.3) is 5.91 Å². The molecule has 0 spiro atoms. The molecule has 3 aromatic carbocycles. The summed E-state index contributed by atoms with van der Waals surface area (Å²) in [7, 11) is 0. The lowest BCUT2D eigenvalue weighted by Crippen LogP contribution is -2.28. The molecule has 1 atom stereocenters. The summed E-state index contributed by atoms with van der Waals surface area (Å²) in [5, 5.41) is 23.1. The van der Waals surface area contributed by atoms with Gasteiger partial charge in [-0.3, -0.25) is 15.3 Å². The van der Waals surface area contributed by atoms with Crippen LogP contribution in [0.25, 0.3) is 10.8 Å². The van der Waals surface area contributed by atoms with E-state index in [4.69, 9.17) is 9.94 Å². The summed E-state index contributed by atoms with van der Waals surface area (Å²) in [5.74, 6) is -0.586. The van der Waals surface area contributed by atoms with Gasteiger partial charge in [-0.2, -0.15) is 0 Å². The molecule has 0 saturated heterocycles. The van der Waals surface area contributed by atoms with Gasteiger partial charge in [0.15, 0.2) is 0 Å². The zero-order chi connectivity index (χ0) is 23.3. The average molecular weight is 434 g/mol. The average Bonchev–Trinajstić information content (AvgIpc) is 2.78. The molecule has 32 heavy (non-hydrogen) atoms. The van der Waals surface area contributed by atoms with Crippen molar-refractivity contribution in [1.29, 1.82) is 0 Å². The van der Waals surface area contributed by atoms with Crippen LogP contribution in [0.15, 0.2) is 72.8 Å². The second-order valence-electron chi connectivity index (χ2n) is 8.13. The van der Waals surface area contributed by atoms with Crippen molar-refractivity contribution in [3.8, 4) is 5.75 Å². The van der Waals surface area contributed by atoms with E-state index in [-0.39, 0.29) is 5.75 Å². The molecule has 0 heterocycles. The maximum absolute atomic E-state index is 12.8. The molecule has 0 radical (unpaired) electrons. The summed E-state index contributed by atoms with van der Waals surface area (Å²) >= 11 is 0. The van der Waals surface area contributed by atoms with E-state index < -0.39 is 23.5 Å². The number of aromatic hydroxyl groups is 1. The Balaban J connectivity index is 2.01. The highest BCUT2D eigenvalue weighted by atomic mass is 16.6. The van der Waals surface area contributed by atoms with Crippen molar-refractivity contribution < 1.29 is 24.6 Å². The van der Waals surface area contributed by atoms with Crippen molar-refractivity contribution in [1.82, 2.24) is 5.48 Å². The quantitative estimate of drug-likeness (QED) is 0.241. The van der Waals surface area contributed by atoms with Crippen LogP contribution in [-0.4, -0.2) is 22.3 Å². The lowest BCUT2D eigenvalue weighted by Gasteiger charge is -2.32. The number of ether oxygens (including phenoxy) is 1. The molecule has 0 saturated carbocycles. The van der Waals surface area contributed by atoms with Crippen LogP contribution >= 0.6 is 0 Å². The topological polar surface area (TPSA) is 108 Å². The molecule has 0 aliphatic heterocycles. The highest BCUT2D eigenvalue weighted by Gasteiger charge is 2.34. The van der Waals surface area contributed by atoms with E-state index in [0.29, 0.717) is 22.0 Å².